The van der Waals surface area contributed by atoms with E-state index in [4.69, 9.17) is 19.3 Å². The van der Waals surface area contributed by atoms with E-state index in [0.717, 1.165) is 6.42 Å². The molecule has 0 aliphatic heterocycles. The summed E-state index contributed by atoms with van der Waals surface area (Å²) in [7, 11) is -2.02. The molecule has 0 spiro atoms. The molecular formula is C12H19NO5S. The van der Waals surface area contributed by atoms with Gasteiger partial charge in [-0.2, -0.15) is 0 Å². The number of primary sulfonamides is 1. The summed E-state index contributed by atoms with van der Waals surface area (Å²) in [6, 6.07) is 5.98. The van der Waals surface area contributed by atoms with Gasteiger partial charge in [0.2, 0.25) is 10.0 Å². The molecule has 1 aromatic carbocycles. The van der Waals surface area contributed by atoms with Crippen LogP contribution in [0.25, 0.3) is 0 Å². The fourth-order valence-corrected chi connectivity index (χ4v) is 1.84. The maximum atomic E-state index is 11.0. The highest BCUT2D eigenvalue weighted by atomic mass is 32.2. The topological polar surface area (TPSA) is 87.8 Å². The van der Waals surface area contributed by atoms with E-state index in [-0.39, 0.29) is 4.90 Å². The van der Waals surface area contributed by atoms with Crippen LogP contribution in [-0.4, -0.2) is 42.0 Å². The molecule has 0 amide bonds. The summed E-state index contributed by atoms with van der Waals surface area (Å²) in [5, 5.41) is 4.99. The first-order valence-corrected chi connectivity index (χ1v) is 7.41. The van der Waals surface area contributed by atoms with Crippen molar-refractivity contribution in [2.45, 2.75) is 11.3 Å². The highest BCUT2D eigenvalue weighted by Crippen LogP contribution is 2.14. The van der Waals surface area contributed by atoms with E-state index >= 15 is 0 Å². The lowest BCUT2D eigenvalue weighted by Gasteiger charge is -2.07. The lowest BCUT2D eigenvalue weighted by atomic mass is 10.3. The summed E-state index contributed by atoms with van der Waals surface area (Å²) in [5.41, 5.74) is 0. The third-order valence-corrected chi connectivity index (χ3v) is 3.22. The lowest BCUT2D eigenvalue weighted by Crippen LogP contribution is -2.12. The third-order valence-electron chi connectivity index (χ3n) is 2.29. The molecule has 0 radical (unpaired) electrons. The summed E-state index contributed by atoms with van der Waals surface area (Å²) >= 11 is 0. The van der Waals surface area contributed by atoms with E-state index in [1.807, 2.05) is 0 Å². The fraction of sp³-hybridized carbons (Fsp3) is 0.500. The first-order chi connectivity index (χ1) is 9.04. The maximum Gasteiger partial charge on any atom is 0.238 e. The number of methoxy groups -OCH3 is 1. The van der Waals surface area contributed by atoms with Crippen LogP contribution in [-0.2, 0) is 19.5 Å². The molecule has 0 fully saturated rings. The maximum absolute atomic E-state index is 11.0. The number of nitrogens with two attached hydrogens (primary N) is 1. The van der Waals surface area contributed by atoms with Crippen LogP contribution in [0, 0.1) is 0 Å². The predicted molar refractivity (Wildman–Crippen MR) is 70.6 cm³/mol. The second-order valence-electron chi connectivity index (χ2n) is 3.82. The molecule has 1 rings (SSSR count). The molecule has 0 atom stereocenters. The molecule has 0 aliphatic rings. The number of benzene rings is 1. The molecule has 0 saturated heterocycles. The summed E-state index contributed by atoms with van der Waals surface area (Å²) < 4.78 is 37.6. The molecule has 0 unspecified atom stereocenters. The lowest BCUT2D eigenvalue weighted by molar-refractivity contribution is 0.0644. The highest BCUT2D eigenvalue weighted by Gasteiger charge is 2.06. The number of sulfonamides is 1. The van der Waals surface area contributed by atoms with Gasteiger partial charge in [0.25, 0.3) is 0 Å². The van der Waals surface area contributed by atoms with Gasteiger partial charge in [-0.25, -0.2) is 13.6 Å². The van der Waals surface area contributed by atoms with Crippen molar-refractivity contribution in [2.24, 2.45) is 5.14 Å². The van der Waals surface area contributed by atoms with Gasteiger partial charge in [0.05, 0.1) is 24.7 Å². The van der Waals surface area contributed by atoms with Crippen molar-refractivity contribution in [2.75, 3.05) is 33.5 Å². The van der Waals surface area contributed by atoms with Gasteiger partial charge in [-0.1, -0.05) is 0 Å². The average Bonchev–Trinajstić information content (AvgIpc) is 2.37. The predicted octanol–water partition coefficient (Wildman–Crippen LogP) is 0.766. The monoisotopic (exact) mass is 289 g/mol. The second kappa shape index (κ2) is 8.11. The molecule has 19 heavy (non-hydrogen) atoms. The van der Waals surface area contributed by atoms with Crippen molar-refractivity contribution < 1.29 is 22.6 Å². The van der Waals surface area contributed by atoms with Gasteiger partial charge in [0, 0.05) is 20.1 Å². The summed E-state index contributed by atoms with van der Waals surface area (Å²) in [4.78, 5) is 0.0720. The van der Waals surface area contributed by atoms with E-state index in [0.29, 0.717) is 32.2 Å². The van der Waals surface area contributed by atoms with E-state index in [9.17, 15) is 8.42 Å². The normalized spacial score (nSPS) is 11.5. The Hall–Kier alpha value is -1.15. The van der Waals surface area contributed by atoms with Crippen molar-refractivity contribution in [1.29, 1.82) is 0 Å². The number of hydrogen-bond acceptors (Lipinski definition) is 5. The van der Waals surface area contributed by atoms with Gasteiger partial charge in [0.1, 0.15) is 5.75 Å². The first kappa shape index (κ1) is 15.9. The van der Waals surface area contributed by atoms with Gasteiger partial charge in [-0.05, 0) is 24.3 Å². The first-order valence-electron chi connectivity index (χ1n) is 5.86. The Balaban J connectivity index is 2.23. The summed E-state index contributed by atoms with van der Waals surface area (Å²) in [6.07, 6.45) is 0.751. The minimum Gasteiger partial charge on any atom is -0.494 e. The zero-order chi connectivity index (χ0) is 14.1. The fourth-order valence-electron chi connectivity index (χ4n) is 1.32. The standard InChI is InChI=1S/C12H19NO5S/c1-16-9-10-17-7-2-8-18-11-3-5-12(6-4-11)19(13,14)15/h3-6H,2,7-10H2,1H3,(H2,13,14,15). The minimum absolute atomic E-state index is 0.0720. The number of hydrogen-bond donors (Lipinski definition) is 1. The van der Waals surface area contributed by atoms with E-state index in [1.165, 1.54) is 12.1 Å². The number of rotatable bonds is 9. The van der Waals surface area contributed by atoms with Gasteiger partial charge in [-0.3, -0.25) is 0 Å². The van der Waals surface area contributed by atoms with Crippen LogP contribution >= 0.6 is 0 Å². The summed E-state index contributed by atoms with van der Waals surface area (Å²) in [5.74, 6) is 0.601. The Morgan fingerprint density at radius 3 is 2.32 bits per heavy atom. The van der Waals surface area contributed by atoms with E-state index in [2.05, 4.69) is 0 Å². The molecular weight excluding hydrogens is 270 g/mol. The molecule has 0 saturated carbocycles. The summed E-state index contributed by atoms with van der Waals surface area (Å²) in [6.45, 7) is 2.25. The SMILES string of the molecule is COCCOCCCOc1ccc(S(N)(=O)=O)cc1. The van der Waals surface area contributed by atoms with Gasteiger partial charge >= 0.3 is 0 Å². The van der Waals surface area contributed by atoms with Crippen LogP contribution in [0.4, 0.5) is 0 Å². The molecule has 6 nitrogen and oxygen atoms in total. The Kier molecular flexibility index (Phi) is 6.79. The Bertz CT molecular complexity index is 458. The molecule has 108 valence electrons. The average molecular weight is 289 g/mol. The van der Waals surface area contributed by atoms with Crippen molar-refractivity contribution in [3.63, 3.8) is 0 Å². The second-order valence-corrected chi connectivity index (χ2v) is 5.39. The molecule has 2 N–H and O–H groups in total. The van der Waals surface area contributed by atoms with Crippen LogP contribution in [0.5, 0.6) is 5.75 Å². The van der Waals surface area contributed by atoms with Crippen LogP contribution < -0.4 is 9.88 Å². The van der Waals surface area contributed by atoms with Crippen LogP contribution in [0.2, 0.25) is 0 Å². The van der Waals surface area contributed by atoms with Crippen LogP contribution in [0.15, 0.2) is 29.2 Å². The van der Waals surface area contributed by atoms with Crippen LogP contribution in [0.3, 0.4) is 0 Å². The van der Waals surface area contributed by atoms with Crippen LogP contribution in [0.1, 0.15) is 6.42 Å². The van der Waals surface area contributed by atoms with Crippen molar-refractivity contribution in [1.82, 2.24) is 0 Å². The highest BCUT2D eigenvalue weighted by molar-refractivity contribution is 7.89. The van der Waals surface area contributed by atoms with Gasteiger partial charge in [-0.15, -0.1) is 0 Å². The Labute approximate surface area is 113 Å². The zero-order valence-corrected chi connectivity index (χ0v) is 11.7. The van der Waals surface area contributed by atoms with E-state index in [1.54, 1.807) is 19.2 Å². The molecule has 7 heteroatoms. The molecule has 0 aliphatic carbocycles. The molecule has 1 aromatic rings. The Morgan fingerprint density at radius 2 is 1.74 bits per heavy atom. The van der Waals surface area contributed by atoms with Crippen molar-refractivity contribution in [3.05, 3.63) is 24.3 Å². The number of ether oxygens (including phenoxy) is 3. The minimum atomic E-state index is -3.64. The quantitative estimate of drug-likeness (QED) is 0.678. The van der Waals surface area contributed by atoms with E-state index < -0.39 is 10.0 Å². The van der Waals surface area contributed by atoms with Gasteiger partial charge in [0.15, 0.2) is 0 Å². The largest absolute Gasteiger partial charge is 0.494 e. The van der Waals surface area contributed by atoms with Crippen molar-refractivity contribution in [3.8, 4) is 5.75 Å². The molecule has 0 aromatic heterocycles. The smallest absolute Gasteiger partial charge is 0.238 e. The van der Waals surface area contributed by atoms with Gasteiger partial charge < -0.3 is 14.2 Å². The zero-order valence-electron chi connectivity index (χ0n) is 10.9. The third kappa shape index (κ3) is 6.53. The van der Waals surface area contributed by atoms with Crippen molar-refractivity contribution >= 4 is 10.0 Å². The molecule has 0 heterocycles. The Morgan fingerprint density at radius 1 is 1.05 bits per heavy atom. The molecule has 0 bridgehead atoms.